The predicted molar refractivity (Wildman–Crippen MR) is 32.6 cm³/mol. The second kappa shape index (κ2) is 3.13. The average molecular weight is 132 g/mol. The van der Waals surface area contributed by atoms with E-state index in [1.807, 2.05) is 0 Å². The fourth-order valence-electron chi connectivity index (χ4n) is 0.858. The van der Waals surface area contributed by atoms with Crippen molar-refractivity contribution < 1.29 is 9.13 Å². The molecule has 0 spiro atoms. The average Bonchev–Trinajstić information content (AvgIpc) is 1.90. The SMILES string of the molecule is [CH2]C(F)N1CCOCC1. The highest BCUT2D eigenvalue weighted by Gasteiger charge is 2.14. The molecule has 1 atom stereocenters. The molecule has 2 nitrogen and oxygen atoms in total. The lowest BCUT2D eigenvalue weighted by Crippen LogP contribution is -2.40. The molecule has 1 saturated heterocycles. The van der Waals surface area contributed by atoms with Gasteiger partial charge in [-0.05, 0) is 6.92 Å². The van der Waals surface area contributed by atoms with Gasteiger partial charge in [0.1, 0.15) is 0 Å². The van der Waals surface area contributed by atoms with Gasteiger partial charge in [0.05, 0.1) is 13.2 Å². The van der Waals surface area contributed by atoms with Gasteiger partial charge in [-0.15, -0.1) is 0 Å². The van der Waals surface area contributed by atoms with Gasteiger partial charge in [-0.25, -0.2) is 4.39 Å². The number of ether oxygens (including phenoxy) is 1. The van der Waals surface area contributed by atoms with Crippen molar-refractivity contribution in [3.05, 3.63) is 6.92 Å². The lowest BCUT2D eigenvalue weighted by molar-refractivity contribution is -0.00487. The molecule has 3 heteroatoms. The molecule has 1 fully saturated rings. The molecule has 1 unspecified atom stereocenters. The van der Waals surface area contributed by atoms with Crippen LogP contribution in [0.5, 0.6) is 0 Å². The van der Waals surface area contributed by atoms with Gasteiger partial charge in [0.25, 0.3) is 0 Å². The molecule has 0 aromatic rings. The van der Waals surface area contributed by atoms with Crippen LogP contribution in [0, 0.1) is 6.92 Å². The van der Waals surface area contributed by atoms with Gasteiger partial charge in [0, 0.05) is 13.1 Å². The predicted octanol–water partition coefficient (Wildman–Crippen LogP) is 0.448. The van der Waals surface area contributed by atoms with Gasteiger partial charge >= 0.3 is 0 Å². The minimum absolute atomic E-state index is 0.635. The Hall–Kier alpha value is -0.150. The molecule has 0 bridgehead atoms. The van der Waals surface area contributed by atoms with Gasteiger partial charge in [0.2, 0.25) is 0 Å². The van der Waals surface area contributed by atoms with Gasteiger partial charge < -0.3 is 4.74 Å². The minimum atomic E-state index is -1.06. The van der Waals surface area contributed by atoms with Crippen molar-refractivity contribution in [2.24, 2.45) is 0 Å². The van der Waals surface area contributed by atoms with Crippen molar-refractivity contribution in [2.75, 3.05) is 26.3 Å². The van der Waals surface area contributed by atoms with E-state index >= 15 is 0 Å². The molecular formula is C6H11FNO. The number of halogens is 1. The molecule has 1 aliphatic rings. The summed E-state index contributed by atoms with van der Waals surface area (Å²) in [6.07, 6.45) is -1.06. The molecular weight excluding hydrogens is 121 g/mol. The van der Waals surface area contributed by atoms with Crippen LogP contribution in [0.1, 0.15) is 0 Å². The monoisotopic (exact) mass is 132 g/mol. The van der Waals surface area contributed by atoms with E-state index in [4.69, 9.17) is 4.74 Å². The van der Waals surface area contributed by atoms with Crippen molar-refractivity contribution in [3.8, 4) is 0 Å². The maximum Gasteiger partial charge on any atom is 0.153 e. The first-order valence-electron chi connectivity index (χ1n) is 3.09. The van der Waals surface area contributed by atoms with E-state index < -0.39 is 6.30 Å². The van der Waals surface area contributed by atoms with Gasteiger partial charge in [-0.2, -0.15) is 0 Å². The largest absolute Gasteiger partial charge is 0.379 e. The van der Waals surface area contributed by atoms with E-state index in [9.17, 15) is 4.39 Å². The van der Waals surface area contributed by atoms with Crippen molar-refractivity contribution in [1.82, 2.24) is 4.90 Å². The zero-order chi connectivity index (χ0) is 6.69. The number of nitrogens with zero attached hydrogens (tertiary/aromatic N) is 1. The first-order valence-corrected chi connectivity index (χ1v) is 3.09. The summed E-state index contributed by atoms with van der Waals surface area (Å²) in [6.45, 7) is 5.88. The van der Waals surface area contributed by atoms with Crippen LogP contribution >= 0.6 is 0 Å². The summed E-state index contributed by atoms with van der Waals surface area (Å²) < 4.78 is 17.4. The van der Waals surface area contributed by atoms with Crippen LogP contribution in [0.25, 0.3) is 0 Å². The summed E-state index contributed by atoms with van der Waals surface area (Å²) in [5.74, 6) is 0. The zero-order valence-electron chi connectivity index (χ0n) is 5.35. The number of hydrogen-bond acceptors (Lipinski definition) is 2. The molecule has 53 valence electrons. The number of alkyl halides is 1. The third-order valence-electron chi connectivity index (χ3n) is 1.44. The van der Waals surface area contributed by atoms with Crippen LogP contribution in [-0.2, 0) is 4.74 Å². The standard InChI is InChI=1S/C6H11FNO/c1-6(7)8-2-4-9-5-3-8/h6H,1-5H2. The van der Waals surface area contributed by atoms with Crippen LogP contribution in [0.3, 0.4) is 0 Å². The van der Waals surface area contributed by atoms with E-state index in [1.165, 1.54) is 0 Å². The molecule has 1 radical (unpaired) electrons. The third-order valence-corrected chi connectivity index (χ3v) is 1.44. The Morgan fingerprint density at radius 3 is 2.33 bits per heavy atom. The van der Waals surface area contributed by atoms with Crippen LogP contribution in [-0.4, -0.2) is 37.5 Å². The fraction of sp³-hybridized carbons (Fsp3) is 0.833. The van der Waals surface area contributed by atoms with Crippen LogP contribution in [0.15, 0.2) is 0 Å². The summed E-state index contributed by atoms with van der Waals surface area (Å²) in [5.41, 5.74) is 0. The molecule has 0 amide bonds. The zero-order valence-corrected chi connectivity index (χ0v) is 5.35. The van der Waals surface area contributed by atoms with Crippen LogP contribution < -0.4 is 0 Å². The molecule has 1 aliphatic heterocycles. The Balaban J connectivity index is 2.23. The Labute approximate surface area is 54.6 Å². The third kappa shape index (κ3) is 1.91. The number of hydrogen-bond donors (Lipinski definition) is 0. The van der Waals surface area contributed by atoms with E-state index in [0.29, 0.717) is 26.3 Å². The lowest BCUT2D eigenvalue weighted by atomic mass is 10.4. The van der Waals surface area contributed by atoms with Gasteiger partial charge in [0.15, 0.2) is 6.30 Å². The molecule has 0 aliphatic carbocycles. The summed E-state index contributed by atoms with van der Waals surface area (Å²) in [5, 5.41) is 0. The topological polar surface area (TPSA) is 12.5 Å². The Morgan fingerprint density at radius 2 is 2.00 bits per heavy atom. The molecule has 0 aromatic heterocycles. The van der Waals surface area contributed by atoms with Crippen LogP contribution in [0.2, 0.25) is 0 Å². The number of morpholine rings is 1. The molecule has 1 heterocycles. The van der Waals surface area contributed by atoms with E-state index in [-0.39, 0.29) is 0 Å². The molecule has 9 heavy (non-hydrogen) atoms. The normalized spacial score (nSPS) is 26.0. The van der Waals surface area contributed by atoms with Gasteiger partial charge in [-0.3, -0.25) is 4.90 Å². The van der Waals surface area contributed by atoms with Crippen molar-refractivity contribution in [2.45, 2.75) is 6.30 Å². The highest BCUT2D eigenvalue weighted by atomic mass is 19.1. The summed E-state index contributed by atoms with van der Waals surface area (Å²) in [4.78, 5) is 1.66. The second-order valence-electron chi connectivity index (χ2n) is 2.08. The quantitative estimate of drug-likeness (QED) is 0.480. The molecule has 0 aromatic carbocycles. The lowest BCUT2D eigenvalue weighted by Gasteiger charge is -2.27. The van der Waals surface area contributed by atoms with Crippen LogP contribution in [0.4, 0.5) is 4.39 Å². The fourth-order valence-corrected chi connectivity index (χ4v) is 0.858. The second-order valence-corrected chi connectivity index (χ2v) is 2.08. The summed E-state index contributed by atoms with van der Waals surface area (Å²) in [7, 11) is 0. The van der Waals surface area contributed by atoms with Crippen molar-refractivity contribution in [3.63, 3.8) is 0 Å². The summed E-state index contributed by atoms with van der Waals surface area (Å²) >= 11 is 0. The maximum atomic E-state index is 12.3. The molecule has 0 N–H and O–H groups in total. The Kier molecular flexibility index (Phi) is 2.42. The van der Waals surface area contributed by atoms with E-state index in [1.54, 1.807) is 4.90 Å². The van der Waals surface area contributed by atoms with Crippen molar-refractivity contribution in [1.29, 1.82) is 0 Å². The molecule has 0 saturated carbocycles. The summed E-state index contributed by atoms with van der Waals surface area (Å²) in [6, 6.07) is 0. The van der Waals surface area contributed by atoms with Gasteiger partial charge in [-0.1, -0.05) is 0 Å². The van der Waals surface area contributed by atoms with E-state index in [0.717, 1.165) is 0 Å². The smallest absolute Gasteiger partial charge is 0.153 e. The highest BCUT2D eigenvalue weighted by molar-refractivity contribution is 4.66. The Morgan fingerprint density at radius 1 is 1.44 bits per heavy atom. The first-order chi connectivity index (χ1) is 4.30. The number of rotatable bonds is 1. The first kappa shape index (κ1) is 6.96. The minimum Gasteiger partial charge on any atom is -0.379 e. The highest BCUT2D eigenvalue weighted by Crippen LogP contribution is 2.02. The van der Waals surface area contributed by atoms with Crippen molar-refractivity contribution >= 4 is 0 Å². The van der Waals surface area contributed by atoms with E-state index in [2.05, 4.69) is 6.92 Å². The molecule has 1 rings (SSSR count). The Bertz CT molecular complexity index is 81.1. The maximum absolute atomic E-state index is 12.3.